The minimum atomic E-state index is -0.348. The quantitative estimate of drug-likeness (QED) is 0.175. The van der Waals surface area contributed by atoms with Crippen LogP contribution in [0.15, 0.2) is 73.3 Å². The maximum Gasteiger partial charge on any atom is 0.328 e. The molecule has 0 spiro atoms. The molecule has 2 saturated carbocycles. The predicted molar refractivity (Wildman–Crippen MR) is 207 cm³/mol. The van der Waals surface area contributed by atoms with Gasteiger partial charge in [0.05, 0.1) is 40.6 Å². The van der Waals surface area contributed by atoms with E-state index in [4.69, 9.17) is 9.84 Å². The second-order valence-corrected chi connectivity index (χ2v) is 15.6. The van der Waals surface area contributed by atoms with Crippen LogP contribution in [0, 0.1) is 5.92 Å². The van der Waals surface area contributed by atoms with Crippen LogP contribution in [0.2, 0.25) is 0 Å². The zero-order valence-corrected chi connectivity index (χ0v) is 30.6. The van der Waals surface area contributed by atoms with Crippen LogP contribution in [0.1, 0.15) is 80.2 Å². The summed E-state index contributed by atoms with van der Waals surface area (Å²) in [7, 11) is 0. The molecule has 2 aliphatic heterocycles. The van der Waals surface area contributed by atoms with Gasteiger partial charge in [0.1, 0.15) is 5.75 Å². The molecule has 4 fully saturated rings. The van der Waals surface area contributed by atoms with Gasteiger partial charge in [-0.3, -0.25) is 24.5 Å². The smallest absolute Gasteiger partial charge is 0.328 e. The second-order valence-electron chi connectivity index (χ2n) is 15.6. The molecule has 14 heteroatoms. The van der Waals surface area contributed by atoms with Crippen molar-refractivity contribution >= 4 is 56.8 Å². The number of carbonyl (C=O) groups is 3. The Bertz CT molecular complexity index is 2430. The lowest BCUT2D eigenvalue weighted by molar-refractivity contribution is -0.120. The Morgan fingerprint density at radius 3 is 2.60 bits per heavy atom. The first-order valence-corrected chi connectivity index (χ1v) is 19.7. The van der Waals surface area contributed by atoms with Crippen molar-refractivity contribution in [1.29, 1.82) is 0 Å². The molecule has 2 aromatic carbocycles. The SMILES string of the molecule is O=C1CCN(c2cccc3c2ccn3C2CCN(CC3CCC(n4cc5cc(C(=O)Nc6cnc7cccnn67)c(OC6CC6)cc5n4)CC3)CC2)C(=O)N1. The van der Waals surface area contributed by atoms with Crippen LogP contribution in [0.5, 0.6) is 5.75 Å². The summed E-state index contributed by atoms with van der Waals surface area (Å²) >= 11 is 0. The fourth-order valence-electron chi connectivity index (χ4n) is 8.85. The largest absolute Gasteiger partial charge is 0.490 e. The van der Waals surface area contributed by atoms with Crippen molar-refractivity contribution in [2.75, 3.05) is 36.4 Å². The van der Waals surface area contributed by atoms with E-state index >= 15 is 0 Å². The van der Waals surface area contributed by atoms with Crippen molar-refractivity contribution in [2.45, 2.75) is 76.0 Å². The Morgan fingerprint density at radius 1 is 0.927 bits per heavy atom. The first kappa shape index (κ1) is 33.8. The number of fused-ring (bicyclic) bond motifs is 3. The average Bonchev–Trinajstić information content (AvgIpc) is 3.55. The van der Waals surface area contributed by atoms with Crippen molar-refractivity contribution in [3.8, 4) is 5.75 Å². The van der Waals surface area contributed by atoms with Crippen LogP contribution in [-0.2, 0) is 4.79 Å². The molecule has 2 aliphatic carbocycles. The van der Waals surface area contributed by atoms with E-state index < -0.39 is 0 Å². The number of imidazole rings is 1. The van der Waals surface area contributed by atoms with Gasteiger partial charge in [0.25, 0.3) is 5.91 Å². The number of likely N-dealkylation sites (tertiary alicyclic amines) is 1. The maximum atomic E-state index is 13.6. The van der Waals surface area contributed by atoms with Gasteiger partial charge in [-0.15, -0.1) is 0 Å². The molecule has 4 amide bonds. The molecule has 4 aromatic heterocycles. The Kier molecular flexibility index (Phi) is 8.49. The molecule has 55 heavy (non-hydrogen) atoms. The highest BCUT2D eigenvalue weighted by molar-refractivity contribution is 6.10. The van der Waals surface area contributed by atoms with E-state index in [1.54, 1.807) is 21.8 Å². The lowest BCUT2D eigenvalue weighted by Crippen LogP contribution is -2.49. The lowest BCUT2D eigenvalue weighted by atomic mass is 9.85. The number of imide groups is 1. The van der Waals surface area contributed by atoms with Crippen molar-refractivity contribution in [2.24, 2.45) is 5.92 Å². The van der Waals surface area contributed by atoms with Gasteiger partial charge in [-0.25, -0.2) is 9.78 Å². The number of hydrogen-bond acceptors (Lipinski definition) is 8. The Morgan fingerprint density at radius 2 is 1.78 bits per heavy atom. The fraction of sp³-hybridized carbons (Fsp3) is 0.415. The molecule has 282 valence electrons. The van der Waals surface area contributed by atoms with Crippen LogP contribution in [0.3, 0.4) is 0 Å². The van der Waals surface area contributed by atoms with Gasteiger partial charge in [0.15, 0.2) is 11.5 Å². The molecular weight excluding hydrogens is 697 g/mol. The maximum absolute atomic E-state index is 13.6. The first-order valence-electron chi connectivity index (χ1n) is 19.7. The summed E-state index contributed by atoms with van der Waals surface area (Å²) < 4.78 is 12.4. The van der Waals surface area contributed by atoms with Gasteiger partial charge in [-0.2, -0.15) is 14.7 Å². The van der Waals surface area contributed by atoms with E-state index in [0.717, 1.165) is 85.7 Å². The van der Waals surface area contributed by atoms with E-state index in [-0.39, 0.29) is 23.9 Å². The summed E-state index contributed by atoms with van der Waals surface area (Å²) in [4.78, 5) is 46.6. The summed E-state index contributed by atoms with van der Waals surface area (Å²) in [5, 5.41) is 16.7. The van der Waals surface area contributed by atoms with Crippen LogP contribution < -0.4 is 20.3 Å². The average molecular weight is 741 g/mol. The molecule has 0 atom stereocenters. The number of aromatic nitrogens is 6. The molecule has 2 saturated heterocycles. The minimum Gasteiger partial charge on any atom is -0.490 e. The van der Waals surface area contributed by atoms with Crippen molar-refractivity contribution in [1.82, 2.24) is 39.2 Å². The molecular formula is C41H44N10O4. The molecule has 0 radical (unpaired) electrons. The number of carbonyl (C=O) groups excluding carboxylic acids is 3. The third-order valence-corrected chi connectivity index (χ3v) is 11.9. The topological polar surface area (TPSA) is 144 Å². The summed E-state index contributed by atoms with van der Waals surface area (Å²) in [5.41, 5.74) is 3.98. The number of hydrogen-bond donors (Lipinski definition) is 2. The minimum absolute atomic E-state index is 0.136. The van der Waals surface area contributed by atoms with Crippen molar-refractivity contribution < 1.29 is 19.1 Å². The molecule has 10 rings (SSSR count). The van der Waals surface area contributed by atoms with Gasteiger partial charge in [-0.05, 0) is 93.7 Å². The third-order valence-electron chi connectivity index (χ3n) is 11.9. The third kappa shape index (κ3) is 6.58. The van der Waals surface area contributed by atoms with E-state index in [1.807, 2.05) is 36.4 Å². The van der Waals surface area contributed by atoms with E-state index in [9.17, 15) is 14.4 Å². The monoisotopic (exact) mass is 740 g/mol. The van der Waals surface area contributed by atoms with Crippen molar-refractivity contribution in [3.63, 3.8) is 0 Å². The number of nitrogens with one attached hydrogen (secondary N) is 2. The number of piperidine rings is 1. The number of urea groups is 1. The van der Waals surface area contributed by atoms with Crippen LogP contribution >= 0.6 is 0 Å². The van der Waals surface area contributed by atoms with Gasteiger partial charge in [0, 0.05) is 74.1 Å². The molecule has 6 aromatic rings. The molecule has 0 bridgehead atoms. The standard InChI is InChI=1S/C41H44N10O4/c52-39-15-20-49(41(54)45-39)35-4-1-3-34-31(35)14-19-48(34)28-12-17-47(18-13-28)24-26-6-8-29(9-7-26)50-25-27-21-32(36(22-33(27)46-50)55-30-10-11-30)40(53)44-38-23-42-37-5-2-16-43-51(37)38/h1-5,14,16,19,21-23,25-26,28-30H,6-13,15,17-18,20,24H2,(H,44,53)(H,45,52,54). The summed E-state index contributed by atoms with van der Waals surface area (Å²) in [5.74, 6) is 1.25. The molecule has 6 heterocycles. The number of anilines is 2. The van der Waals surface area contributed by atoms with Gasteiger partial charge >= 0.3 is 6.03 Å². The van der Waals surface area contributed by atoms with E-state index in [1.165, 1.54) is 12.8 Å². The predicted octanol–water partition coefficient (Wildman–Crippen LogP) is 6.34. The highest BCUT2D eigenvalue weighted by Gasteiger charge is 2.31. The normalized spacial score (nSPS) is 21.4. The first-order chi connectivity index (χ1) is 26.9. The van der Waals surface area contributed by atoms with Crippen LogP contribution in [0.4, 0.5) is 16.3 Å². The van der Waals surface area contributed by atoms with E-state index in [2.05, 4.69) is 59.4 Å². The lowest BCUT2D eigenvalue weighted by Gasteiger charge is -2.37. The molecule has 0 unspecified atom stereocenters. The van der Waals surface area contributed by atoms with Crippen LogP contribution in [-0.4, -0.2) is 84.0 Å². The molecule has 2 N–H and O–H groups in total. The zero-order valence-electron chi connectivity index (χ0n) is 30.6. The second kappa shape index (κ2) is 13.8. The summed E-state index contributed by atoms with van der Waals surface area (Å²) in [6.07, 6.45) is 16.6. The number of amides is 4. The number of ether oxygens (including phenoxy) is 1. The van der Waals surface area contributed by atoms with Crippen LogP contribution in [0.25, 0.3) is 27.5 Å². The Labute approximate surface area is 317 Å². The number of benzene rings is 2. The van der Waals surface area contributed by atoms with Gasteiger partial charge < -0.3 is 19.5 Å². The van der Waals surface area contributed by atoms with Gasteiger partial charge in [-0.1, -0.05) is 6.07 Å². The Hall–Kier alpha value is -5.76. The number of rotatable bonds is 9. The van der Waals surface area contributed by atoms with Gasteiger partial charge in [0.2, 0.25) is 5.91 Å². The van der Waals surface area contributed by atoms with Crippen molar-refractivity contribution in [3.05, 3.63) is 78.9 Å². The molecule has 4 aliphatic rings. The highest BCUT2D eigenvalue weighted by Crippen LogP contribution is 2.38. The van der Waals surface area contributed by atoms with E-state index in [0.29, 0.717) is 53.7 Å². The fourth-order valence-corrected chi connectivity index (χ4v) is 8.85. The number of nitrogens with zero attached hydrogens (tertiary/aromatic N) is 8. The zero-order chi connectivity index (χ0) is 37.0. The summed E-state index contributed by atoms with van der Waals surface area (Å²) in [6.45, 7) is 3.67. The Balaban J connectivity index is 0.764. The summed E-state index contributed by atoms with van der Waals surface area (Å²) in [6, 6.07) is 16.1. The molecule has 14 nitrogen and oxygen atoms in total. The highest BCUT2D eigenvalue weighted by atomic mass is 16.5.